The molecule has 5 heteroatoms. The number of para-hydroxylation sites is 1. The predicted molar refractivity (Wildman–Crippen MR) is 119 cm³/mol. The van der Waals surface area contributed by atoms with Crippen LogP contribution in [0.3, 0.4) is 0 Å². The number of likely N-dealkylation sites (N-methyl/N-ethyl adjacent to an activating group) is 1. The van der Waals surface area contributed by atoms with Crippen LogP contribution in [0.4, 0.5) is 0 Å². The van der Waals surface area contributed by atoms with Gasteiger partial charge < -0.3 is 14.5 Å². The average Bonchev–Trinajstić information content (AvgIpc) is 2.93. The summed E-state index contributed by atoms with van der Waals surface area (Å²) in [6, 6.07) is 16.1. The van der Waals surface area contributed by atoms with Crippen molar-refractivity contribution in [3.05, 3.63) is 54.1 Å². The number of benzene rings is 2. The summed E-state index contributed by atoms with van der Waals surface area (Å²) in [7, 11) is 1.67. The Kier molecular flexibility index (Phi) is 7.50. The van der Waals surface area contributed by atoms with Crippen molar-refractivity contribution in [2.75, 3.05) is 33.3 Å². The monoisotopic (exact) mass is 408 g/mol. The molecule has 1 atom stereocenters. The first kappa shape index (κ1) is 21.9. The second-order valence-corrected chi connectivity index (χ2v) is 7.77. The fourth-order valence-corrected chi connectivity index (χ4v) is 4.20. The lowest BCUT2D eigenvalue weighted by Crippen LogP contribution is -2.37. The number of amides is 2. The van der Waals surface area contributed by atoms with Crippen LogP contribution in [0.1, 0.15) is 32.3 Å². The highest BCUT2D eigenvalue weighted by atomic mass is 16.5. The van der Waals surface area contributed by atoms with E-state index in [1.807, 2.05) is 60.0 Å². The van der Waals surface area contributed by atoms with E-state index in [4.69, 9.17) is 4.74 Å². The summed E-state index contributed by atoms with van der Waals surface area (Å²) in [6.45, 7) is 6.38. The van der Waals surface area contributed by atoms with Crippen molar-refractivity contribution in [3.8, 4) is 16.9 Å². The van der Waals surface area contributed by atoms with Gasteiger partial charge >= 0.3 is 0 Å². The summed E-state index contributed by atoms with van der Waals surface area (Å²) < 4.78 is 5.57. The lowest BCUT2D eigenvalue weighted by Gasteiger charge is -2.24. The maximum absolute atomic E-state index is 13.2. The van der Waals surface area contributed by atoms with E-state index in [-0.39, 0.29) is 17.7 Å². The van der Waals surface area contributed by atoms with E-state index in [2.05, 4.69) is 12.1 Å². The molecular formula is C25H32N2O3. The van der Waals surface area contributed by atoms with Crippen LogP contribution < -0.4 is 4.74 Å². The van der Waals surface area contributed by atoms with Crippen LogP contribution in [0.2, 0.25) is 0 Å². The predicted octanol–water partition coefficient (Wildman–Crippen LogP) is 4.01. The molecule has 0 spiro atoms. The Morgan fingerprint density at radius 3 is 2.43 bits per heavy atom. The number of ether oxygens (including phenoxy) is 1. The number of carbonyl (C=O) groups is 2. The molecule has 0 saturated carbocycles. The Labute approximate surface area is 179 Å². The van der Waals surface area contributed by atoms with Crippen molar-refractivity contribution in [1.82, 2.24) is 9.80 Å². The molecule has 1 aliphatic rings. The summed E-state index contributed by atoms with van der Waals surface area (Å²) in [6.07, 6.45) is 1.95. The first-order valence-corrected chi connectivity index (χ1v) is 10.9. The summed E-state index contributed by atoms with van der Waals surface area (Å²) >= 11 is 0. The van der Waals surface area contributed by atoms with Gasteiger partial charge in [0.15, 0.2) is 0 Å². The highest BCUT2D eigenvalue weighted by molar-refractivity contribution is 5.83. The Morgan fingerprint density at radius 2 is 1.73 bits per heavy atom. The molecule has 3 rings (SSSR count). The van der Waals surface area contributed by atoms with Crippen molar-refractivity contribution >= 4 is 11.8 Å². The topological polar surface area (TPSA) is 49.9 Å². The van der Waals surface area contributed by atoms with Crippen LogP contribution in [-0.2, 0) is 16.0 Å². The zero-order chi connectivity index (χ0) is 21.5. The SMILES string of the molecule is CCCC(=O)N1CCN(CC)C(=O)[C@H](Cc2ccccc2-c2ccccc2OC)C1. The largest absolute Gasteiger partial charge is 0.496 e. The highest BCUT2D eigenvalue weighted by Gasteiger charge is 2.32. The Balaban J connectivity index is 1.93. The minimum Gasteiger partial charge on any atom is -0.496 e. The molecule has 30 heavy (non-hydrogen) atoms. The van der Waals surface area contributed by atoms with E-state index < -0.39 is 0 Å². The zero-order valence-corrected chi connectivity index (χ0v) is 18.3. The van der Waals surface area contributed by atoms with E-state index in [1.54, 1.807) is 7.11 Å². The Bertz CT molecular complexity index is 880. The zero-order valence-electron chi connectivity index (χ0n) is 18.3. The van der Waals surface area contributed by atoms with Gasteiger partial charge in [0.25, 0.3) is 0 Å². The third-order valence-corrected chi connectivity index (χ3v) is 5.82. The minimum absolute atomic E-state index is 0.138. The third kappa shape index (κ3) is 4.84. The maximum atomic E-state index is 13.2. The summed E-state index contributed by atoms with van der Waals surface area (Å²) in [5, 5.41) is 0. The molecule has 0 aliphatic carbocycles. The van der Waals surface area contributed by atoms with E-state index in [0.29, 0.717) is 39.0 Å². The first-order chi connectivity index (χ1) is 14.6. The quantitative estimate of drug-likeness (QED) is 0.695. The number of methoxy groups -OCH3 is 1. The van der Waals surface area contributed by atoms with Crippen LogP contribution in [0.5, 0.6) is 5.75 Å². The Morgan fingerprint density at radius 1 is 1.03 bits per heavy atom. The molecule has 1 fully saturated rings. The van der Waals surface area contributed by atoms with Crippen LogP contribution in [-0.4, -0.2) is 54.9 Å². The van der Waals surface area contributed by atoms with Crippen molar-refractivity contribution in [1.29, 1.82) is 0 Å². The first-order valence-electron chi connectivity index (χ1n) is 10.9. The average molecular weight is 409 g/mol. The van der Waals surface area contributed by atoms with Gasteiger partial charge in [0, 0.05) is 38.2 Å². The molecule has 0 aromatic heterocycles. The van der Waals surface area contributed by atoms with Crippen LogP contribution in [0.15, 0.2) is 48.5 Å². The van der Waals surface area contributed by atoms with Crippen molar-refractivity contribution in [2.24, 2.45) is 5.92 Å². The van der Waals surface area contributed by atoms with Crippen LogP contribution in [0.25, 0.3) is 11.1 Å². The second kappa shape index (κ2) is 10.3. The van der Waals surface area contributed by atoms with Gasteiger partial charge in [0.2, 0.25) is 11.8 Å². The molecule has 1 saturated heterocycles. The molecule has 1 aliphatic heterocycles. The molecule has 1 heterocycles. The summed E-state index contributed by atoms with van der Waals surface area (Å²) in [4.78, 5) is 29.6. The number of rotatable bonds is 7. The molecule has 5 nitrogen and oxygen atoms in total. The van der Waals surface area contributed by atoms with Crippen molar-refractivity contribution in [3.63, 3.8) is 0 Å². The number of nitrogens with zero attached hydrogens (tertiary/aromatic N) is 2. The number of hydrogen-bond acceptors (Lipinski definition) is 3. The van der Waals surface area contributed by atoms with Crippen molar-refractivity contribution < 1.29 is 14.3 Å². The van der Waals surface area contributed by atoms with Gasteiger partial charge in [-0.2, -0.15) is 0 Å². The fourth-order valence-electron chi connectivity index (χ4n) is 4.20. The smallest absolute Gasteiger partial charge is 0.227 e. The van der Waals surface area contributed by atoms with Crippen LogP contribution in [0, 0.1) is 5.92 Å². The Hall–Kier alpha value is -2.82. The molecule has 160 valence electrons. The molecule has 0 bridgehead atoms. The molecule has 2 aromatic carbocycles. The fraction of sp³-hybridized carbons (Fsp3) is 0.440. The minimum atomic E-state index is -0.246. The van der Waals surface area contributed by atoms with E-state index in [9.17, 15) is 9.59 Å². The number of hydrogen-bond donors (Lipinski definition) is 0. The van der Waals surface area contributed by atoms with Gasteiger partial charge in [-0.25, -0.2) is 0 Å². The van der Waals surface area contributed by atoms with Gasteiger partial charge in [-0.05, 0) is 37.0 Å². The van der Waals surface area contributed by atoms with Crippen molar-refractivity contribution in [2.45, 2.75) is 33.1 Å². The van der Waals surface area contributed by atoms with Gasteiger partial charge in [0.05, 0.1) is 13.0 Å². The molecule has 0 N–H and O–H groups in total. The van der Waals surface area contributed by atoms with Gasteiger partial charge in [-0.3, -0.25) is 9.59 Å². The highest BCUT2D eigenvalue weighted by Crippen LogP contribution is 2.33. The summed E-state index contributed by atoms with van der Waals surface area (Å²) in [5.41, 5.74) is 3.19. The van der Waals surface area contributed by atoms with E-state index in [0.717, 1.165) is 28.9 Å². The van der Waals surface area contributed by atoms with E-state index >= 15 is 0 Å². The number of carbonyl (C=O) groups excluding carboxylic acids is 2. The maximum Gasteiger partial charge on any atom is 0.227 e. The third-order valence-electron chi connectivity index (χ3n) is 5.82. The molecule has 0 radical (unpaired) electrons. The standard InChI is InChI=1S/C25H32N2O3/c1-4-10-24(28)27-16-15-26(5-2)25(29)20(18-27)17-19-11-6-7-12-21(19)22-13-8-9-14-23(22)30-3/h6-9,11-14,20H,4-5,10,15-18H2,1-3H3/t20-/m1/s1. The van der Waals surface area contributed by atoms with Gasteiger partial charge in [-0.1, -0.05) is 49.4 Å². The lowest BCUT2D eigenvalue weighted by atomic mass is 9.91. The van der Waals surface area contributed by atoms with E-state index in [1.165, 1.54) is 0 Å². The molecular weight excluding hydrogens is 376 g/mol. The molecule has 0 unspecified atom stereocenters. The molecule has 2 amide bonds. The summed E-state index contributed by atoms with van der Waals surface area (Å²) in [5.74, 6) is 0.849. The van der Waals surface area contributed by atoms with Gasteiger partial charge in [-0.15, -0.1) is 0 Å². The van der Waals surface area contributed by atoms with Gasteiger partial charge in [0.1, 0.15) is 5.75 Å². The normalized spacial score (nSPS) is 17.0. The molecule has 2 aromatic rings. The second-order valence-electron chi connectivity index (χ2n) is 7.77. The lowest BCUT2D eigenvalue weighted by molar-refractivity contribution is -0.134. The van der Waals surface area contributed by atoms with Crippen LogP contribution >= 0.6 is 0 Å².